The molecule has 2 aromatic rings. The van der Waals surface area contributed by atoms with Gasteiger partial charge in [0.2, 0.25) is 6.41 Å². The van der Waals surface area contributed by atoms with E-state index in [1.54, 1.807) is 0 Å². The third-order valence-corrected chi connectivity index (χ3v) is 3.03. The summed E-state index contributed by atoms with van der Waals surface area (Å²) in [6.07, 6.45) is 2.79. The van der Waals surface area contributed by atoms with Crippen LogP contribution >= 0.6 is 0 Å². The first-order valence-electron chi connectivity index (χ1n) is 5.82. The molecule has 0 bridgehead atoms. The Hall–Kier alpha value is -2.42. The van der Waals surface area contributed by atoms with Gasteiger partial charge in [-0.3, -0.25) is 9.79 Å². The van der Waals surface area contributed by atoms with Gasteiger partial charge in [-0.25, -0.2) is 0 Å². The molecular weight excluding hydrogens is 224 g/mol. The van der Waals surface area contributed by atoms with Crippen molar-refractivity contribution in [1.29, 1.82) is 0 Å². The fourth-order valence-electron chi connectivity index (χ4n) is 2.19. The zero-order valence-electron chi connectivity index (χ0n) is 9.71. The summed E-state index contributed by atoms with van der Waals surface area (Å²) in [6.45, 7) is 0. The number of anilines is 1. The lowest BCUT2D eigenvalue weighted by molar-refractivity contribution is -0.105. The summed E-state index contributed by atoms with van der Waals surface area (Å²) >= 11 is 0. The molecule has 3 heteroatoms. The highest BCUT2D eigenvalue weighted by molar-refractivity contribution is 5.71. The molecule has 2 aromatic carbocycles. The van der Waals surface area contributed by atoms with E-state index in [4.69, 9.17) is 0 Å². The minimum Gasteiger partial charge on any atom is -0.327 e. The van der Waals surface area contributed by atoms with Crippen molar-refractivity contribution in [2.75, 3.05) is 5.32 Å². The first-order chi connectivity index (χ1) is 8.88. The second kappa shape index (κ2) is 4.45. The Morgan fingerprint density at radius 2 is 1.89 bits per heavy atom. The fraction of sp³-hybridized carbons (Fsp3) is 0.0667. The first-order valence-corrected chi connectivity index (χ1v) is 5.82. The van der Waals surface area contributed by atoms with Crippen LogP contribution in [-0.2, 0) is 4.79 Å². The van der Waals surface area contributed by atoms with Crippen LogP contribution in [0.5, 0.6) is 0 Å². The summed E-state index contributed by atoms with van der Waals surface area (Å²) in [4.78, 5) is 15.2. The molecular formula is C15H12N2O. The number of para-hydroxylation sites is 1. The van der Waals surface area contributed by atoms with Gasteiger partial charge in [-0.15, -0.1) is 0 Å². The number of nitrogens with zero attached hydrogens (tertiary/aromatic N) is 1. The highest BCUT2D eigenvalue weighted by Gasteiger charge is 2.12. The van der Waals surface area contributed by atoms with Crippen molar-refractivity contribution < 1.29 is 4.79 Å². The minimum atomic E-state index is 0.0378. The van der Waals surface area contributed by atoms with Crippen molar-refractivity contribution in [3.05, 3.63) is 64.7 Å². The van der Waals surface area contributed by atoms with Gasteiger partial charge in [0.25, 0.3) is 0 Å². The summed E-state index contributed by atoms with van der Waals surface area (Å²) in [7, 11) is 0. The average molecular weight is 236 g/mol. The molecule has 1 unspecified atom stereocenters. The quantitative estimate of drug-likeness (QED) is 0.804. The van der Waals surface area contributed by atoms with E-state index in [9.17, 15) is 4.79 Å². The Morgan fingerprint density at radius 3 is 2.67 bits per heavy atom. The van der Waals surface area contributed by atoms with Crippen LogP contribution in [0, 0.1) is 0 Å². The molecule has 1 aliphatic rings. The van der Waals surface area contributed by atoms with Crippen molar-refractivity contribution in [2.45, 2.75) is 6.04 Å². The van der Waals surface area contributed by atoms with E-state index >= 15 is 0 Å². The largest absolute Gasteiger partial charge is 0.327 e. The van der Waals surface area contributed by atoms with E-state index in [2.05, 4.69) is 28.5 Å². The van der Waals surface area contributed by atoms with Crippen LogP contribution < -0.4 is 15.9 Å². The highest BCUT2D eigenvalue weighted by Crippen LogP contribution is 2.20. The summed E-state index contributed by atoms with van der Waals surface area (Å²) in [5.74, 6) is 0. The number of rotatable bonds is 3. The SMILES string of the molecule is O=CNc1cccc2c1=NC(c1ccccc1)C=2. The molecule has 1 amide bonds. The van der Waals surface area contributed by atoms with Gasteiger partial charge in [-0.05, 0) is 17.7 Å². The number of nitrogens with one attached hydrogen (secondary N) is 1. The van der Waals surface area contributed by atoms with E-state index in [0.29, 0.717) is 6.41 Å². The Kier molecular flexibility index (Phi) is 2.65. The first kappa shape index (κ1) is 10.7. The van der Waals surface area contributed by atoms with Gasteiger partial charge in [0, 0.05) is 5.22 Å². The van der Waals surface area contributed by atoms with Crippen molar-refractivity contribution in [3.63, 3.8) is 0 Å². The van der Waals surface area contributed by atoms with Gasteiger partial charge in [0.05, 0.1) is 17.1 Å². The zero-order valence-corrected chi connectivity index (χ0v) is 9.71. The van der Waals surface area contributed by atoms with Gasteiger partial charge in [0.15, 0.2) is 0 Å². The number of hydrogen-bond acceptors (Lipinski definition) is 2. The van der Waals surface area contributed by atoms with E-state index in [1.807, 2.05) is 36.4 Å². The Labute approximate surface area is 104 Å². The standard InChI is InChI=1S/C15H12N2O/c18-10-16-13-8-4-7-12-9-14(17-15(12)13)11-5-2-1-3-6-11/h1-10,14H,(H,16,18). The molecule has 1 N–H and O–H groups in total. The Morgan fingerprint density at radius 1 is 1.06 bits per heavy atom. The molecule has 3 rings (SSSR count). The molecule has 0 aromatic heterocycles. The Bertz CT molecular complexity index is 692. The van der Waals surface area contributed by atoms with Crippen LogP contribution in [0.4, 0.5) is 5.69 Å². The van der Waals surface area contributed by atoms with Crippen molar-refractivity contribution >= 4 is 18.2 Å². The highest BCUT2D eigenvalue weighted by atomic mass is 16.1. The molecule has 3 nitrogen and oxygen atoms in total. The van der Waals surface area contributed by atoms with Crippen molar-refractivity contribution in [2.24, 2.45) is 4.99 Å². The van der Waals surface area contributed by atoms with E-state index < -0.39 is 0 Å². The average Bonchev–Trinajstić information content (AvgIpc) is 2.85. The number of carbonyl (C=O) groups is 1. The zero-order chi connectivity index (χ0) is 12.4. The van der Waals surface area contributed by atoms with Gasteiger partial charge in [-0.2, -0.15) is 0 Å². The van der Waals surface area contributed by atoms with Gasteiger partial charge >= 0.3 is 0 Å². The smallest absolute Gasteiger partial charge is 0.211 e. The maximum Gasteiger partial charge on any atom is 0.211 e. The van der Waals surface area contributed by atoms with Crippen LogP contribution in [0.1, 0.15) is 11.6 Å². The van der Waals surface area contributed by atoms with Crippen LogP contribution in [0.15, 0.2) is 53.5 Å². The second-order valence-electron chi connectivity index (χ2n) is 4.16. The predicted octanol–water partition coefficient (Wildman–Crippen LogP) is 1.41. The summed E-state index contributed by atoms with van der Waals surface area (Å²) in [5.41, 5.74) is 1.92. The van der Waals surface area contributed by atoms with Crippen LogP contribution in [-0.4, -0.2) is 6.41 Å². The lowest BCUT2D eigenvalue weighted by Crippen LogP contribution is -2.24. The molecule has 0 spiro atoms. The maximum atomic E-state index is 10.6. The molecule has 1 atom stereocenters. The van der Waals surface area contributed by atoms with Crippen LogP contribution in [0.25, 0.3) is 6.08 Å². The fourth-order valence-corrected chi connectivity index (χ4v) is 2.19. The van der Waals surface area contributed by atoms with Gasteiger partial charge in [0.1, 0.15) is 0 Å². The molecule has 18 heavy (non-hydrogen) atoms. The third kappa shape index (κ3) is 1.80. The minimum absolute atomic E-state index is 0.0378. The predicted molar refractivity (Wildman–Crippen MR) is 70.6 cm³/mol. The third-order valence-electron chi connectivity index (χ3n) is 3.03. The van der Waals surface area contributed by atoms with Gasteiger partial charge in [-0.1, -0.05) is 42.5 Å². The van der Waals surface area contributed by atoms with Crippen molar-refractivity contribution in [3.8, 4) is 0 Å². The van der Waals surface area contributed by atoms with E-state index in [0.717, 1.165) is 21.8 Å². The number of benzene rings is 2. The normalized spacial score (nSPS) is 16.3. The molecule has 1 heterocycles. The summed E-state index contributed by atoms with van der Waals surface area (Å²) in [6, 6.07) is 16.0. The lowest BCUT2D eigenvalue weighted by atomic mass is 10.1. The Balaban J connectivity index is 2.10. The molecule has 0 aliphatic carbocycles. The maximum absolute atomic E-state index is 10.6. The molecule has 0 radical (unpaired) electrons. The topological polar surface area (TPSA) is 41.5 Å². The van der Waals surface area contributed by atoms with Crippen LogP contribution in [0.3, 0.4) is 0 Å². The van der Waals surface area contributed by atoms with E-state index in [-0.39, 0.29) is 6.04 Å². The monoisotopic (exact) mass is 236 g/mol. The number of hydrogen-bond donors (Lipinski definition) is 1. The number of fused-ring (bicyclic) bond motifs is 1. The molecule has 0 saturated carbocycles. The number of carbonyl (C=O) groups excluding carboxylic acids is 1. The lowest BCUT2D eigenvalue weighted by Gasteiger charge is -2.03. The summed E-state index contributed by atoms with van der Waals surface area (Å²) in [5, 5.41) is 4.61. The van der Waals surface area contributed by atoms with Gasteiger partial charge < -0.3 is 5.32 Å². The molecule has 0 fully saturated rings. The summed E-state index contributed by atoms with van der Waals surface area (Å²) < 4.78 is 0. The van der Waals surface area contributed by atoms with Crippen LogP contribution in [0.2, 0.25) is 0 Å². The van der Waals surface area contributed by atoms with E-state index in [1.165, 1.54) is 0 Å². The molecule has 1 aliphatic heterocycles. The number of amides is 1. The molecule has 0 saturated heterocycles. The van der Waals surface area contributed by atoms with Crippen molar-refractivity contribution in [1.82, 2.24) is 0 Å². The second-order valence-corrected chi connectivity index (χ2v) is 4.16. The molecule has 88 valence electrons.